The normalized spacial score (nSPS) is 10.0. The van der Waals surface area contributed by atoms with Crippen molar-refractivity contribution in [3.8, 4) is 0 Å². The van der Waals surface area contributed by atoms with Crippen molar-refractivity contribution >= 4 is 23.2 Å². The van der Waals surface area contributed by atoms with Crippen LogP contribution in [-0.4, -0.2) is 27.0 Å². The molecule has 3 N–H and O–H groups in total. The van der Waals surface area contributed by atoms with E-state index in [0.29, 0.717) is 17.2 Å². The highest BCUT2D eigenvalue weighted by molar-refractivity contribution is 6.01. The van der Waals surface area contributed by atoms with E-state index in [2.05, 4.69) is 25.8 Å². The monoisotopic (exact) mass is 259 g/mol. The third-order valence-electron chi connectivity index (χ3n) is 2.26. The van der Waals surface area contributed by atoms with Crippen molar-refractivity contribution in [3.63, 3.8) is 0 Å². The lowest BCUT2D eigenvalue weighted by Gasteiger charge is -2.05. The first-order valence-electron chi connectivity index (χ1n) is 5.62. The Kier molecular flexibility index (Phi) is 3.56. The van der Waals surface area contributed by atoms with Crippen LogP contribution in [-0.2, 0) is 4.79 Å². The molecule has 2 aromatic rings. The fourth-order valence-corrected chi connectivity index (χ4v) is 1.47. The van der Waals surface area contributed by atoms with Crippen molar-refractivity contribution < 1.29 is 9.59 Å². The van der Waals surface area contributed by atoms with E-state index in [9.17, 15) is 9.59 Å². The number of H-pyrrole nitrogens is 1. The first kappa shape index (κ1) is 12.7. The number of nitrogens with one attached hydrogen (secondary N) is 3. The second-order valence-electron chi connectivity index (χ2n) is 3.96. The van der Waals surface area contributed by atoms with Gasteiger partial charge in [0.2, 0.25) is 11.7 Å². The lowest BCUT2D eigenvalue weighted by Crippen LogP contribution is -2.14. The van der Waals surface area contributed by atoms with Gasteiger partial charge in [-0.25, -0.2) is 4.98 Å². The van der Waals surface area contributed by atoms with Gasteiger partial charge in [0.05, 0.1) is 0 Å². The largest absolute Gasteiger partial charge is 0.326 e. The molecule has 1 heterocycles. The van der Waals surface area contributed by atoms with Crippen LogP contribution in [0.15, 0.2) is 24.3 Å². The summed E-state index contributed by atoms with van der Waals surface area (Å²) in [6, 6.07) is 6.76. The van der Waals surface area contributed by atoms with Crippen molar-refractivity contribution in [1.29, 1.82) is 0 Å². The zero-order chi connectivity index (χ0) is 13.8. The van der Waals surface area contributed by atoms with E-state index in [4.69, 9.17) is 0 Å². The van der Waals surface area contributed by atoms with E-state index in [-0.39, 0.29) is 11.7 Å². The summed E-state index contributed by atoms with van der Waals surface area (Å²) in [5.41, 5.74) is 1.26. The number of anilines is 2. The zero-order valence-corrected chi connectivity index (χ0v) is 10.5. The number of carbonyl (C=O) groups excluding carboxylic acids is 2. The summed E-state index contributed by atoms with van der Waals surface area (Å²) in [6.45, 7) is 3.15. The second-order valence-corrected chi connectivity index (χ2v) is 3.96. The number of aryl methyl sites for hydroxylation is 1. The SMILES string of the molecule is CC(=O)Nc1ccc(NC(=O)c2n[nH]c(C)n2)cc1. The van der Waals surface area contributed by atoms with Crippen molar-refractivity contribution in [2.45, 2.75) is 13.8 Å². The highest BCUT2D eigenvalue weighted by atomic mass is 16.2. The molecule has 1 aromatic heterocycles. The number of amides is 2. The number of aromatic nitrogens is 3. The minimum absolute atomic E-state index is 0.0865. The lowest BCUT2D eigenvalue weighted by molar-refractivity contribution is -0.114. The van der Waals surface area contributed by atoms with E-state index in [0.717, 1.165) is 0 Å². The van der Waals surface area contributed by atoms with Crippen molar-refractivity contribution in [1.82, 2.24) is 15.2 Å². The summed E-state index contributed by atoms with van der Waals surface area (Å²) in [5.74, 6) is 0.124. The molecule has 0 saturated heterocycles. The molecule has 0 saturated carbocycles. The molecule has 2 amide bonds. The Bertz CT molecular complexity index is 603. The topological polar surface area (TPSA) is 99.8 Å². The molecular weight excluding hydrogens is 246 g/mol. The predicted octanol–water partition coefficient (Wildman–Crippen LogP) is 1.32. The van der Waals surface area contributed by atoms with Gasteiger partial charge in [0.25, 0.3) is 5.91 Å². The van der Waals surface area contributed by atoms with Gasteiger partial charge in [-0.2, -0.15) is 0 Å². The maximum absolute atomic E-state index is 11.8. The molecule has 0 spiro atoms. The average molecular weight is 259 g/mol. The molecule has 1 aromatic carbocycles. The van der Waals surface area contributed by atoms with Crippen LogP contribution in [0, 0.1) is 6.92 Å². The molecule has 0 aliphatic heterocycles. The molecule has 2 rings (SSSR count). The zero-order valence-electron chi connectivity index (χ0n) is 10.5. The third-order valence-corrected chi connectivity index (χ3v) is 2.26. The summed E-state index contributed by atoms with van der Waals surface area (Å²) < 4.78 is 0. The van der Waals surface area contributed by atoms with Crippen molar-refractivity contribution in [3.05, 3.63) is 35.9 Å². The van der Waals surface area contributed by atoms with Crippen LogP contribution in [0.2, 0.25) is 0 Å². The number of hydrogen-bond acceptors (Lipinski definition) is 4. The smallest absolute Gasteiger partial charge is 0.295 e. The van der Waals surface area contributed by atoms with Gasteiger partial charge in [0.15, 0.2) is 0 Å². The summed E-state index contributed by atoms with van der Waals surface area (Å²) in [4.78, 5) is 26.6. The standard InChI is InChI=1S/C12H13N5O2/c1-7-13-11(17-16-7)12(19)15-10-5-3-9(4-6-10)14-8(2)18/h3-6H,1-2H3,(H,14,18)(H,15,19)(H,13,16,17). The molecule has 0 bridgehead atoms. The summed E-state index contributed by atoms with van der Waals surface area (Å²) in [7, 11) is 0. The van der Waals surface area contributed by atoms with E-state index in [1.54, 1.807) is 31.2 Å². The Morgan fingerprint density at radius 2 is 1.68 bits per heavy atom. The van der Waals surface area contributed by atoms with Gasteiger partial charge in [-0.15, -0.1) is 5.10 Å². The fraction of sp³-hybridized carbons (Fsp3) is 0.167. The van der Waals surface area contributed by atoms with Crippen LogP contribution in [0.1, 0.15) is 23.4 Å². The highest BCUT2D eigenvalue weighted by Gasteiger charge is 2.11. The van der Waals surface area contributed by atoms with Crippen molar-refractivity contribution in [2.24, 2.45) is 0 Å². The first-order chi connectivity index (χ1) is 9.04. The molecule has 0 atom stereocenters. The van der Waals surface area contributed by atoms with Gasteiger partial charge in [-0.05, 0) is 31.2 Å². The predicted molar refractivity (Wildman–Crippen MR) is 69.8 cm³/mol. The molecule has 0 fully saturated rings. The first-order valence-corrected chi connectivity index (χ1v) is 5.62. The number of carbonyl (C=O) groups is 2. The Labute approximate surface area is 109 Å². The van der Waals surface area contributed by atoms with Gasteiger partial charge in [-0.1, -0.05) is 0 Å². The molecule has 0 unspecified atom stereocenters. The Morgan fingerprint density at radius 1 is 1.11 bits per heavy atom. The summed E-state index contributed by atoms with van der Waals surface area (Å²) in [6.07, 6.45) is 0. The molecule has 98 valence electrons. The van der Waals surface area contributed by atoms with Gasteiger partial charge in [0.1, 0.15) is 5.82 Å². The average Bonchev–Trinajstić information content (AvgIpc) is 2.78. The van der Waals surface area contributed by atoms with E-state index in [1.807, 2.05) is 0 Å². The minimum atomic E-state index is -0.392. The quantitative estimate of drug-likeness (QED) is 0.774. The number of aromatic amines is 1. The second kappa shape index (κ2) is 5.30. The maximum atomic E-state index is 11.8. The van der Waals surface area contributed by atoms with Gasteiger partial charge < -0.3 is 10.6 Å². The van der Waals surface area contributed by atoms with Gasteiger partial charge >= 0.3 is 0 Å². The Morgan fingerprint density at radius 3 is 2.16 bits per heavy atom. The van der Waals surface area contributed by atoms with Crippen LogP contribution in [0.4, 0.5) is 11.4 Å². The van der Waals surface area contributed by atoms with Crippen molar-refractivity contribution in [2.75, 3.05) is 10.6 Å². The van der Waals surface area contributed by atoms with E-state index >= 15 is 0 Å². The molecule has 7 nitrogen and oxygen atoms in total. The maximum Gasteiger partial charge on any atom is 0.295 e. The van der Waals surface area contributed by atoms with E-state index < -0.39 is 5.91 Å². The van der Waals surface area contributed by atoms with Gasteiger partial charge in [-0.3, -0.25) is 14.7 Å². The molecule has 0 radical (unpaired) electrons. The molecule has 0 aliphatic rings. The van der Waals surface area contributed by atoms with Crippen LogP contribution >= 0.6 is 0 Å². The molecular formula is C12H13N5O2. The van der Waals surface area contributed by atoms with Crippen LogP contribution in [0.3, 0.4) is 0 Å². The third kappa shape index (κ3) is 3.38. The van der Waals surface area contributed by atoms with Crippen LogP contribution in [0.5, 0.6) is 0 Å². The summed E-state index contributed by atoms with van der Waals surface area (Å²) in [5, 5.41) is 11.7. The Hall–Kier alpha value is -2.70. The number of hydrogen-bond donors (Lipinski definition) is 3. The molecule has 7 heteroatoms. The van der Waals surface area contributed by atoms with E-state index in [1.165, 1.54) is 6.92 Å². The number of benzene rings is 1. The minimum Gasteiger partial charge on any atom is -0.326 e. The lowest BCUT2D eigenvalue weighted by atomic mass is 10.2. The number of rotatable bonds is 3. The Balaban J connectivity index is 2.03. The number of nitrogens with zero attached hydrogens (tertiary/aromatic N) is 2. The highest BCUT2D eigenvalue weighted by Crippen LogP contribution is 2.14. The fourth-order valence-electron chi connectivity index (χ4n) is 1.47. The van der Waals surface area contributed by atoms with Gasteiger partial charge in [0, 0.05) is 18.3 Å². The van der Waals surface area contributed by atoms with Crippen LogP contribution in [0.25, 0.3) is 0 Å². The summed E-state index contributed by atoms with van der Waals surface area (Å²) >= 11 is 0. The molecule has 19 heavy (non-hydrogen) atoms. The molecule has 0 aliphatic carbocycles. The van der Waals surface area contributed by atoms with Crippen LogP contribution < -0.4 is 10.6 Å².